The Morgan fingerprint density at radius 1 is 1.44 bits per heavy atom. The molecule has 0 bridgehead atoms. The lowest BCUT2D eigenvalue weighted by atomic mass is 10.2. The Morgan fingerprint density at radius 2 is 1.94 bits per heavy atom. The zero-order valence-corrected chi connectivity index (χ0v) is 11.6. The maximum Gasteiger partial charge on any atom is 0.407 e. The Kier molecular flexibility index (Phi) is 4.64. The maximum absolute atomic E-state index is 12.6. The van der Waals surface area contributed by atoms with Crippen molar-refractivity contribution in [2.24, 2.45) is 0 Å². The van der Waals surface area contributed by atoms with Crippen molar-refractivity contribution >= 4 is 13.9 Å². The molecule has 0 aromatic carbocycles. The molecular weight excluding hydrogens is 261 g/mol. The van der Waals surface area contributed by atoms with Gasteiger partial charge in [0.15, 0.2) is 0 Å². The highest BCUT2D eigenvalue weighted by molar-refractivity contribution is 7.55. The van der Waals surface area contributed by atoms with Gasteiger partial charge in [-0.25, -0.2) is 0 Å². The second-order valence-electron chi connectivity index (χ2n) is 4.74. The predicted octanol–water partition coefficient (Wildman–Crippen LogP) is 2.37. The molecule has 0 aliphatic carbocycles. The van der Waals surface area contributed by atoms with Gasteiger partial charge in [-0.1, -0.05) is 0 Å². The molecule has 0 saturated carbocycles. The molecule has 1 fully saturated rings. The van der Waals surface area contributed by atoms with Gasteiger partial charge in [-0.05, 0) is 13.8 Å². The summed E-state index contributed by atoms with van der Waals surface area (Å²) in [5, 5.41) is 9.32. The first-order valence-corrected chi connectivity index (χ1v) is 7.34. The summed E-state index contributed by atoms with van der Waals surface area (Å²) in [7, 11) is -3.89. The van der Waals surface area contributed by atoms with Crippen LogP contribution in [0.3, 0.4) is 0 Å². The van der Waals surface area contributed by atoms with E-state index in [0.717, 1.165) is 0 Å². The van der Waals surface area contributed by atoms with Gasteiger partial charge in [0.05, 0.1) is 12.2 Å². The van der Waals surface area contributed by atoms with Crippen LogP contribution in [0.5, 0.6) is 0 Å². The van der Waals surface area contributed by atoms with Gasteiger partial charge in [0, 0.05) is 31.1 Å². The van der Waals surface area contributed by atoms with Crippen molar-refractivity contribution in [2.45, 2.75) is 57.5 Å². The number of carbonyl (C=O) groups is 1. The van der Waals surface area contributed by atoms with E-state index in [2.05, 4.69) is 0 Å². The largest absolute Gasteiger partial charge is 0.407 e. The SMILES string of the molecule is CC1CC(C)OP(=O)(C(C)(CCC=O)[N+](=O)[O-])O1. The topological polar surface area (TPSA) is 95.7 Å². The molecule has 8 heteroatoms. The van der Waals surface area contributed by atoms with Crippen molar-refractivity contribution in [1.82, 2.24) is 0 Å². The predicted molar refractivity (Wildman–Crippen MR) is 64.0 cm³/mol. The molecule has 7 nitrogen and oxygen atoms in total. The van der Waals surface area contributed by atoms with Crippen LogP contribution in [-0.4, -0.2) is 28.7 Å². The lowest BCUT2D eigenvalue weighted by Crippen LogP contribution is -2.40. The molecule has 1 heterocycles. The number of carbonyl (C=O) groups excluding carboxylic acids is 1. The summed E-state index contributed by atoms with van der Waals surface area (Å²) in [5.74, 6) is 0. The van der Waals surface area contributed by atoms with Gasteiger partial charge < -0.3 is 13.8 Å². The number of nitro groups is 1. The van der Waals surface area contributed by atoms with Crippen LogP contribution < -0.4 is 0 Å². The first kappa shape index (κ1) is 15.3. The van der Waals surface area contributed by atoms with Gasteiger partial charge in [-0.3, -0.25) is 14.7 Å². The molecule has 1 aliphatic heterocycles. The van der Waals surface area contributed by atoms with E-state index in [0.29, 0.717) is 12.7 Å². The molecular formula is C10H18NO6P. The minimum absolute atomic E-state index is 0.0586. The van der Waals surface area contributed by atoms with Crippen LogP contribution in [0, 0.1) is 10.1 Å². The summed E-state index contributed by atoms with van der Waals surface area (Å²) >= 11 is 0. The van der Waals surface area contributed by atoms with Gasteiger partial charge in [-0.2, -0.15) is 0 Å². The van der Waals surface area contributed by atoms with Crippen LogP contribution in [0.25, 0.3) is 0 Å². The third kappa shape index (κ3) is 2.79. The standard InChI is InChI=1S/C10H18NO6P/c1-8-7-9(2)17-18(15,16-8)10(3,11(13)14)5-4-6-12/h6,8-9H,4-5,7H2,1-3H3. The molecule has 0 N–H and O–H groups in total. The Morgan fingerprint density at radius 3 is 2.33 bits per heavy atom. The average molecular weight is 279 g/mol. The normalized spacial score (nSPS) is 35.7. The second-order valence-corrected chi connectivity index (χ2v) is 7.12. The molecule has 3 unspecified atom stereocenters. The molecule has 0 radical (unpaired) electrons. The summed E-state index contributed by atoms with van der Waals surface area (Å²) in [6.45, 7) is 4.61. The van der Waals surface area contributed by atoms with Crippen molar-refractivity contribution in [3.05, 3.63) is 10.1 Å². The Hall–Kier alpha value is -0.780. The Balaban J connectivity index is 3.06. The van der Waals surface area contributed by atoms with E-state index >= 15 is 0 Å². The number of rotatable bonds is 5. The van der Waals surface area contributed by atoms with E-state index in [9.17, 15) is 19.5 Å². The molecule has 1 aliphatic rings. The van der Waals surface area contributed by atoms with E-state index in [4.69, 9.17) is 9.05 Å². The Bertz CT molecular complexity index is 373. The molecule has 3 atom stereocenters. The highest BCUT2D eigenvalue weighted by Crippen LogP contribution is 2.65. The lowest BCUT2D eigenvalue weighted by Gasteiger charge is -2.36. The Labute approximate surface area is 106 Å². The zero-order valence-electron chi connectivity index (χ0n) is 10.7. The van der Waals surface area contributed by atoms with E-state index in [-0.39, 0.29) is 25.0 Å². The minimum Gasteiger partial charge on any atom is -0.303 e. The lowest BCUT2D eigenvalue weighted by molar-refractivity contribution is -0.542. The minimum atomic E-state index is -3.89. The summed E-state index contributed by atoms with van der Waals surface area (Å²) in [6.07, 6.45) is 0.137. The van der Waals surface area contributed by atoms with Gasteiger partial charge in [-0.15, -0.1) is 0 Å². The molecule has 0 aromatic rings. The maximum atomic E-state index is 12.6. The van der Waals surface area contributed by atoms with Crippen LogP contribution in [-0.2, 0) is 18.4 Å². The van der Waals surface area contributed by atoms with Crippen molar-refractivity contribution in [2.75, 3.05) is 0 Å². The molecule has 104 valence electrons. The van der Waals surface area contributed by atoms with Crippen molar-refractivity contribution in [3.63, 3.8) is 0 Å². The molecule has 18 heavy (non-hydrogen) atoms. The summed E-state index contributed by atoms with van der Waals surface area (Å²) in [5.41, 5.74) is 0. The first-order chi connectivity index (χ1) is 8.25. The smallest absolute Gasteiger partial charge is 0.303 e. The van der Waals surface area contributed by atoms with Crippen molar-refractivity contribution in [3.8, 4) is 0 Å². The summed E-state index contributed by atoms with van der Waals surface area (Å²) < 4.78 is 23.1. The van der Waals surface area contributed by atoms with Crippen LogP contribution in [0.15, 0.2) is 0 Å². The molecule has 1 saturated heterocycles. The van der Waals surface area contributed by atoms with Gasteiger partial charge in [0.2, 0.25) is 0 Å². The second kappa shape index (κ2) is 5.47. The average Bonchev–Trinajstić information content (AvgIpc) is 2.23. The number of nitrogens with zero attached hydrogens (tertiary/aromatic N) is 1. The van der Waals surface area contributed by atoms with Crippen LogP contribution in [0.1, 0.15) is 40.0 Å². The number of hydrogen-bond acceptors (Lipinski definition) is 6. The number of hydrogen-bond donors (Lipinski definition) is 0. The third-order valence-electron chi connectivity index (χ3n) is 3.02. The molecule has 1 rings (SSSR count). The molecule has 0 spiro atoms. The monoisotopic (exact) mass is 279 g/mol. The van der Waals surface area contributed by atoms with Crippen LogP contribution in [0.4, 0.5) is 0 Å². The van der Waals surface area contributed by atoms with E-state index in [1.54, 1.807) is 13.8 Å². The highest BCUT2D eigenvalue weighted by Gasteiger charge is 2.60. The summed E-state index contributed by atoms with van der Waals surface area (Å²) in [6, 6.07) is 0. The fraction of sp³-hybridized carbons (Fsp3) is 0.900. The van der Waals surface area contributed by atoms with Crippen LogP contribution >= 0.6 is 7.60 Å². The molecule has 0 amide bonds. The number of aldehydes is 1. The van der Waals surface area contributed by atoms with Gasteiger partial charge >= 0.3 is 12.9 Å². The fourth-order valence-electron chi connectivity index (χ4n) is 1.94. The van der Waals surface area contributed by atoms with E-state index in [1.165, 1.54) is 6.92 Å². The van der Waals surface area contributed by atoms with Crippen molar-refractivity contribution in [1.29, 1.82) is 0 Å². The third-order valence-corrected chi connectivity index (χ3v) is 5.86. The van der Waals surface area contributed by atoms with Crippen molar-refractivity contribution < 1.29 is 23.3 Å². The molecule has 0 aromatic heterocycles. The van der Waals surface area contributed by atoms with Crippen LogP contribution in [0.2, 0.25) is 0 Å². The van der Waals surface area contributed by atoms with Gasteiger partial charge in [0.25, 0.3) is 0 Å². The zero-order chi connectivity index (χ0) is 14.0. The first-order valence-electron chi connectivity index (χ1n) is 5.80. The quantitative estimate of drug-likeness (QED) is 0.332. The fourth-order valence-corrected chi connectivity index (χ4v) is 4.17. The highest BCUT2D eigenvalue weighted by atomic mass is 31.2. The van der Waals surface area contributed by atoms with E-state index in [1.807, 2.05) is 0 Å². The van der Waals surface area contributed by atoms with E-state index < -0.39 is 17.8 Å². The summed E-state index contributed by atoms with van der Waals surface area (Å²) in [4.78, 5) is 20.9. The van der Waals surface area contributed by atoms with Gasteiger partial charge in [0.1, 0.15) is 6.29 Å².